The lowest BCUT2D eigenvalue weighted by Gasteiger charge is -2.26. The second kappa shape index (κ2) is 4.66. The minimum Gasteiger partial charge on any atom is -0.294 e. The average Bonchev–Trinajstić information content (AvgIpc) is 3.30. The van der Waals surface area contributed by atoms with E-state index in [9.17, 15) is 4.79 Å². The lowest BCUT2D eigenvalue weighted by atomic mass is 9.77. The highest BCUT2D eigenvalue weighted by Gasteiger charge is 2.57. The molecule has 1 aromatic heterocycles. The fourth-order valence-electron chi connectivity index (χ4n) is 5.18. The van der Waals surface area contributed by atoms with Crippen molar-refractivity contribution in [1.29, 1.82) is 0 Å². The number of rotatable bonds is 2. The van der Waals surface area contributed by atoms with Crippen LogP contribution in [0.1, 0.15) is 29.7 Å². The van der Waals surface area contributed by atoms with Gasteiger partial charge < -0.3 is 0 Å². The Bertz CT molecular complexity index is 756. The summed E-state index contributed by atoms with van der Waals surface area (Å²) in [5.74, 6) is 2.54. The minimum atomic E-state index is 0.269. The molecule has 0 amide bonds. The van der Waals surface area contributed by atoms with Crippen molar-refractivity contribution in [1.82, 2.24) is 0 Å². The first kappa shape index (κ1) is 12.8. The first-order valence-corrected chi connectivity index (χ1v) is 9.10. The summed E-state index contributed by atoms with van der Waals surface area (Å²) in [7, 11) is 0. The van der Waals surface area contributed by atoms with Crippen molar-refractivity contribution in [2.75, 3.05) is 0 Å². The lowest BCUT2D eigenvalue weighted by molar-refractivity contribution is -0.118. The third kappa shape index (κ3) is 1.62. The molecule has 2 bridgehead atoms. The number of ketones is 1. The van der Waals surface area contributed by atoms with Crippen LogP contribution in [0.4, 0.5) is 0 Å². The summed E-state index contributed by atoms with van der Waals surface area (Å²) in [6, 6.07) is 14.8. The van der Waals surface area contributed by atoms with E-state index in [0.717, 1.165) is 16.4 Å². The standard InChI is InChI=1S/C20H18OS/c21-20-18-14-9-8-13(11-14)17(18)16(12-5-2-1-3-6-12)19(20)15-7-4-10-22-15/h1-7,10,13-14,17-18H,8-9,11H2/t13-,14+,17-,18-/m0/s1. The van der Waals surface area contributed by atoms with Crippen LogP contribution in [0, 0.1) is 23.7 Å². The number of Topliss-reactive ketones (excluding diaryl/α,β-unsaturated/α-hetero) is 1. The number of hydrogen-bond acceptors (Lipinski definition) is 2. The normalized spacial score (nSPS) is 32.8. The van der Waals surface area contributed by atoms with Crippen LogP contribution in [0.3, 0.4) is 0 Å². The molecular formula is C20H18OS. The zero-order valence-corrected chi connectivity index (χ0v) is 13.2. The molecule has 0 unspecified atom stereocenters. The van der Waals surface area contributed by atoms with E-state index in [4.69, 9.17) is 0 Å². The maximum atomic E-state index is 13.2. The van der Waals surface area contributed by atoms with Gasteiger partial charge in [0.05, 0.1) is 0 Å². The van der Waals surface area contributed by atoms with E-state index in [1.54, 1.807) is 11.3 Å². The zero-order chi connectivity index (χ0) is 14.7. The Morgan fingerprint density at radius 1 is 0.909 bits per heavy atom. The molecule has 0 N–H and O–H groups in total. The van der Waals surface area contributed by atoms with Gasteiger partial charge in [0.2, 0.25) is 0 Å². The molecule has 1 nitrogen and oxygen atoms in total. The van der Waals surface area contributed by atoms with E-state index in [1.807, 2.05) is 0 Å². The maximum absolute atomic E-state index is 13.2. The topological polar surface area (TPSA) is 17.1 Å². The van der Waals surface area contributed by atoms with Crippen molar-refractivity contribution in [3.05, 3.63) is 58.3 Å². The van der Waals surface area contributed by atoms with E-state index in [2.05, 4.69) is 47.8 Å². The molecule has 110 valence electrons. The smallest absolute Gasteiger partial charge is 0.168 e. The van der Waals surface area contributed by atoms with Crippen LogP contribution in [-0.2, 0) is 4.79 Å². The van der Waals surface area contributed by atoms with Gasteiger partial charge in [-0.05, 0) is 59.6 Å². The molecule has 0 radical (unpaired) electrons. The summed E-state index contributed by atoms with van der Waals surface area (Å²) < 4.78 is 0. The van der Waals surface area contributed by atoms with Gasteiger partial charge in [0.15, 0.2) is 5.78 Å². The van der Waals surface area contributed by atoms with Gasteiger partial charge in [0.25, 0.3) is 0 Å². The number of fused-ring (bicyclic) bond motifs is 5. The van der Waals surface area contributed by atoms with Crippen molar-refractivity contribution >= 4 is 28.3 Å². The van der Waals surface area contributed by atoms with E-state index in [-0.39, 0.29) is 5.92 Å². The molecule has 2 fully saturated rings. The van der Waals surface area contributed by atoms with Gasteiger partial charge in [-0.3, -0.25) is 4.79 Å². The van der Waals surface area contributed by atoms with Crippen molar-refractivity contribution in [2.24, 2.45) is 23.7 Å². The van der Waals surface area contributed by atoms with E-state index in [1.165, 1.54) is 30.4 Å². The Labute approximate surface area is 134 Å². The van der Waals surface area contributed by atoms with Crippen molar-refractivity contribution in [3.63, 3.8) is 0 Å². The molecule has 1 heterocycles. The van der Waals surface area contributed by atoms with E-state index < -0.39 is 0 Å². The second-order valence-electron chi connectivity index (χ2n) is 6.88. The predicted octanol–water partition coefficient (Wildman–Crippen LogP) is 4.90. The van der Waals surface area contributed by atoms with E-state index in [0.29, 0.717) is 17.6 Å². The Hall–Kier alpha value is -1.67. The van der Waals surface area contributed by atoms with Crippen molar-refractivity contribution in [3.8, 4) is 0 Å². The molecule has 0 aliphatic heterocycles. The summed E-state index contributed by atoms with van der Waals surface area (Å²) in [5, 5.41) is 2.08. The first-order valence-electron chi connectivity index (χ1n) is 8.22. The molecule has 3 aliphatic carbocycles. The van der Waals surface area contributed by atoms with Crippen LogP contribution in [0.15, 0.2) is 47.8 Å². The SMILES string of the molecule is O=C1C(c2cccs2)=C(c2ccccc2)[C@@H]2[C@H]3CC[C@H](C3)[C@H]12. The summed E-state index contributed by atoms with van der Waals surface area (Å²) >= 11 is 1.71. The number of benzene rings is 1. The van der Waals surface area contributed by atoms with Crippen LogP contribution in [0.2, 0.25) is 0 Å². The van der Waals surface area contributed by atoms with Gasteiger partial charge in [-0.25, -0.2) is 0 Å². The fourth-order valence-corrected chi connectivity index (χ4v) is 5.97. The molecule has 5 rings (SSSR count). The number of thiophene rings is 1. The Morgan fingerprint density at radius 3 is 2.41 bits per heavy atom. The summed E-state index contributed by atoms with van der Waals surface area (Å²) in [4.78, 5) is 14.4. The minimum absolute atomic E-state index is 0.269. The van der Waals surface area contributed by atoms with Gasteiger partial charge in [-0.15, -0.1) is 11.3 Å². The van der Waals surface area contributed by atoms with Gasteiger partial charge in [0, 0.05) is 16.4 Å². The van der Waals surface area contributed by atoms with Crippen LogP contribution in [-0.4, -0.2) is 5.78 Å². The van der Waals surface area contributed by atoms with E-state index >= 15 is 0 Å². The quantitative estimate of drug-likeness (QED) is 0.771. The molecular weight excluding hydrogens is 288 g/mol. The molecule has 3 aliphatic rings. The predicted molar refractivity (Wildman–Crippen MR) is 90.4 cm³/mol. The maximum Gasteiger partial charge on any atom is 0.168 e. The zero-order valence-electron chi connectivity index (χ0n) is 12.4. The number of allylic oxidation sites excluding steroid dienone is 2. The van der Waals surface area contributed by atoms with Gasteiger partial charge in [-0.1, -0.05) is 36.4 Å². The molecule has 0 spiro atoms. The Morgan fingerprint density at radius 2 is 1.68 bits per heavy atom. The van der Waals surface area contributed by atoms with Gasteiger partial charge >= 0.3 is 0 Å². The third-order valence-electron chi connectivity index (χ3n) is 5.92. The monoisotopic (exact) mass is 306 g/mol. The van der Waals surface area contributed by atoms with Crippen LogP contribution in [0.5, 0.6) is 0 Å². The highest BCUT2D eigenvalue weighted by atomic mass is 32.1. The Kier molecular flexibility index (Phi) is 2.72. The molecule has 2 saturated carbocycles. The van der Waals surface area contributed by atoms with Crippen molar-refractivity contribution < 1.29 is 4.79 Å². The Balaban J connectivity index is 1.75. The average molecular weight is 306 g/mol. The second-order valence-corrected chi connectivity index (χ2v) is 7.83. The summed E-state index contributed by atoms with van der Waals surface area (Å²) in [5.41, 5.74) is 3.65. The summed E-state index contributed by atoms with van der Waals surface area (Å²) in [6.45, 7) is 0. The molecule has 1 aromatic carbocycles. The lowest BCUT2D eigenvalue weighted by Crippen LogP contribution is -2.24. The molecule has 4 atom stereocenters. The molecule has 2 heteroatoms. The number of hydrogen-bond donors (Lipinski definition) is 0. The number of carbonyl (C=O) groups excluding carboxylic acids is 1. The molecule has 22 heavy (non-hydrogen) atoms. The number of carbonyl (C=O) groups is 1. The highest BCUT2D eigenvalue weighted by Crippen LogP contribution is 2.62. The van der Waals surface area contributed by atoms with Gasteiger partial charge in [0.1, 0.15) is 0 Å². The first-order chi connectivity index (χ1) is 10.8. The largest absolute Gasteiger partial charge is 0.294 e. The van der Waals surface area contributed by atoms with Gasteiger partial charge in [-0.2, -0.15) is 0 Å². The van der Waals surface area contributed by atoms with Crippen LogP contribution in [0.25, 0.3) is 11.1 Å². The van der Waals surface area contributed by atoms with Crippen molar-refractivity contribution in [2.45, 2.75) is 19.3 Å². The molecule has 0 saturated heterocycles. The highest BCUT2D eigenvalue weighted by molar-refractivity contribution is 7.11. The van der Waals surface area contributed by atoms with Crippen LogP contribution < -0.4 is 0 Å². The fraction of sp³-hybridized carbons (Fsp3) is 0.350. The third-order valence-corrected chi connectivity index (χ3v) is 6.81. The molecule has 2 aromatic rings. The van der Waals surface area contributed by atoms with Crippen LogP contribution >= 0.6 is 11.3 Å². The summed E-state index contributed by atoms with van der Waals surface area (Å²) in [6.07, 6.45) is 3.85.